The number of nitrogens with two attached hydrogens (primary N) is 1. The van der Waals surface area contributed by atoms with Crippen molar-refractivity contribution < 1.29 is 18.3 Å². The van der Waals surface area contributed by atoms with Crippen LogP contribution in [0.3, 0.4) is 0 Å². The molecule has 108 valence electrons. The lowest BCUT2D eigenvalue weighted by Crippen LogP contribution is -2.40. The van der Waals surface area contributed by atoms with Crippen molar-refractivity contribution in [1.29, 1.82) is 0 Å². The lowest BCUT2D eigenvalue weighted by atomic mass is 10.1. The molecule has 7 nitrogen and oxygen atoms in total. The van der Waals surface area contributed by atoms with Gasteiger partial charge in [0.15, 0.2) is 0 Å². The van der Waals surface area contributed by atoms with E-state index in [0.29, 0.717) is 0 Å². The minimum absolute atomic E-state index is 0.0529. The molecule has 4 N–H and O–H groups in total. The number of aliphatic hydroxyl groups is 1. The molecule has 0 fully saturated rings. The Morgan fingerprint density at radius 3 is 2.47 bits per heavy atom. The Bertz CT molecular complexity index is 562. The fourth-order valence-corrected chi connectivity index (χ4v) is 3.02. The van der Waals surface area contributed by atoms with Crippen LogP contribution in [0, 0.1) is 5.92 Å². The quantitative estimate of drug-likeness (QED) is 0.650. The zero-order valence-corrected chi connectivity index (χ0v) is 11.9. The van der Waals surface area contributed by atoms with Crippen LogP contribution in [-0.2, 0) is 17.1 Å². The van der Waals surface area contributed by atoms with E-state index in [2.05, 4.69) is 4.72 Å². The number of amides is 1. The maximum atomic E-state index is 12.1. The highest BCUT2D eigenvalue weighted by Gasteiger charge is 2.24. The van der Waals surface area contributed by atoms with Crippen molar-refractivity contribution in [2.45, 2.75) is 24.8 Å². The van der Waals surface area contributed by atoms with Gasteiger partial charge in [-0.15, -0.1) is 0 Å². The average molecular weight is 289 g/mol. The third-order valence-electron chi connectivity index (χ3n) is 2.85. The number of sulfonamides is 1. The smallest absolute Gasteiger partial charge is 0.265 e. The van der Waals surface area contributed by atoms with Gasteiger partial charge in [-0.2, -0.15) is 0 Å². The molecule has 0 aliphatic rings. The monoisotopic (exact) mass is 289 g/mol. The molecule has 0 saturated heterocycles. The van der Waals surface area contributed by atoms with Crippen molar-refractivity contribution in [3.63, 3.8) is 0 Å². The Morgan fingerprint density at radius 2 is 2.11 bits per heavy atom. The number of carbonyl (C=O) groups excluding carboxylic acids is 1. The molecule has 1 aromatic rings. The van der Waals surface area contributed by atoms with E-state index < -0.39 is 22.0 Å². The average Bonchev–Trinajstić information content (AvgIpc) is 2.68. The second-order valence-electron chi connectivity index (χ2n) is 4.69. The molecule has 19 heavy (non-hydrogen) atoms. The minimum Gasteiger partial charge on any atom is -0.395 e. The molecule has 1 unspecified atom stereocenters. The summed E-state index contributed by atoms with van der Waals surface area (Å²) in [6, 6.07) is 0.627. The third-order valence-corrected chi connectivity index (χ3v) is 4.31. The van der Waals surface area contributed by atoms with Gasteiger partial charge in [0.2, 0.25) is 10.0 Å². The number of aromatic nitrogens is 1. The molecular weight excluding hydrogens is 270 g/mol. The zero-order valence-electron chi connectivity index (χ0n) is 11.1. The summed E-state index contributed by atoms with van der Waals surface area (Å²) in [5.41, 5.74) is 5.23. The van der Waals surface area contributed by atoms with Gasteiger partial charge in [-0.05, 0) is 12.0 Å². The SMILES string of the molecule is CC(C)C(CO)NS(=O)(=O)c1cc(C(N)=O)n(C)c1. The van der Waals surface area contributed by atoms with Gasteiger partial charge < -0.3 is 15.4 Å². The zero-order chi connectivity index (χ0) is 14.8. The minimum atomic E-state index is -3.79. The Kier molecular flexibility index (Phi) is 4.72. The number of nitrogens with one attached hydrogen (secondary N) is 1. The predicted octanol–water partition coefficient (Wildman–Crippen LogP) is -0.581. The van der Waals surface area contributed by atoms with E-state index in [1.54, 1.807) is 13.8 Å². The molecule has 0 bridgehead atoms. The van der Waals surface area contributed by atoms with Crippen LogP contribution >= 0.6 is 0 Å². The number of primary amides is 1. The Labute approximate surface area is 112 Å². The Morgan fingerprint density at radius 1 is 1.53 bits per heavy atom. The van der Waals surface area contributed by atoms with Gasteiger partial charge in [-0.1, -0.05) is 13.8 Å². The van der Waals surface area contributed by atoms with Gasteiger partial charge in [-0.3, -0.25) is 4.79 Å². The summed E-state index contributed by atoms with van der Waals surface area (Å²) in [4.78, 5) is 11.0. The van der Waals surface area contributed by atoms with E-state index in [1.807, 2.05) is 0 Å². The van der Waals surface area contributed by atoms with E-state index in [4.69, 9.17) is 10.8 Å². The van der Waals surface area contributed by atoms with Crippen molar-refractivity contribution >= 4 is 15.9 Å². The fraction of sp³-hybridized carbons (Fsp3) is 0.545. The lowest BCUT2D eigenvalue weighted by molar-refractivity contribution is 0.0992. The summed E-state index contributed by atoms with van der Waals surface area (Å²) in [6.45, 7) is 3.29. The molecule has 0 aliphatic heterocycles. The highest BCUT2D eigenvalue weighted by Crippen LogP contribution is 2.15. The lowest BCUT2D eigenvalue weighted by Gasteiger charge is -2.19. The molecule has 0 aromatic carbocycles. The van der Waals surface area contributed by atoms with Crippen LogP contribution in [0.2, 0.25) is 0 Å². The highest BCUT2D eigenvalue weighted by atomic mass is 32.2. The van der Waals surface area contributed by atoms with Crippen LogP contribution in [0.1, 0.15) is 24.3 Å². The number of aliphatic hydroxyl groups excluding tert-OH is 1. The van der Waals surface area contributed by atoms with Crippen LogP contribution in [0.4, 0.5) is 0 Å². The second-order valence-corrected chi connectivity index (χ2v) is 6.40. The summed E-state index contributed by atoms with van der Waals surface area (Å²) in [5, 5.41) is 9.15. The summed E-state index contributed by atoms with van der Waals surface area (Å²) >= 11 is 0. The van der Waals surface area contributed by atoms with E-state index in [1.165, 1.54) is 23.9 Å². The first-order valence-electron chi connectivity index (χ1n) is 5.78. The fourth-order valence-electron chi connectivity index (χ4n) is 1.58. The number of hydrogen-bond donors (Lipinski definition) is 3. The van der Waals surface area contributed by atoms with Gasteiger partial charge in [-0.25, -0.2) is 13.1 Å². The molecule has 1 heterocycles. The Balaban J connectivity index is 3.07. The molecule has 8 heteroatoms. The normalized spacial score (nSPS) is 13.7. The van der Waals surface area contributed by atoms with E-state index in [-0.39, 0.29) is 23.1 Å². The van der Waals surface area contributed by atoms with Gasteiger partial charge in [0.25, 0.3) is 5.91 Å². The molecule has 1 atom stereocenters. The summed E-state index contributed by atoms with van der Waals surface area (Å²) in [5.74, 6) is -0.759. The van der Waals surface area contributed by atoms with Crippen LogP contribution in [0.5, 0.6) is 0 Å². The van der Waals surface area contributed by atoms with E-state index in [0.717, 1.165) is 0 Å². The topological polar surface area (TPSA) is 114 Å². The molecule has 0 aliphatic carbocycles. The summed E-state index contributed by atoms with van der Waals surface area (Å²) in [6.07, 6.45) is 1.30. The molecule has 0 saturated carbocycles. The van der Waals surface area contributed by atoms with Crippen LogP contribution in [0.25, 0.3) is 0 Å². The first kappa shape index (κ1) is 15.7. The number of carbonyl (C=O) groups is 1. The van der Waals surface area contributed by atoms with E-state index in [9.17, 15) is 13.2 Å². The van der Waals surface area contributed by atoms with Crippen LogP contribution in [-0.4, -0.2) is 36.6 Å². The molecule has 1 rings (SSSR count). The van der Waals surface area contributed by atoms with Crippen molar-refractivity contribution in [3.8, 4) is 0 Å². The standard InChI is InChI=1S/C11H19N3O4S/c1-7(2)9(6-15)13-19(17,18)8-4-10(11(12)16)14(3)5-8/h4-5,7,9,13,15H,6H2,1-3H3,(H2,12,16). The van der Waals surface area contributed by atoms with Crippen LogP contribution < -0.4 is 10.5 Å². The van der Waals surface area contributed by atoms with E-state index >= 15 is 0 Å². The van der Waals surface area contributed by atoms with Crippen molar-refractivity contribution in [2.24, 2.45) is 18.7 Å². The van der Waals surface area contributed by atoms with Crippen LogP contribution in [0.15, 0.2) is 17.2 Å². The second kappa shape index (κ2) is 5.72. The van der Waals surface area contributed by atoms with Gasteiger partial charge >= 0.3 is 0 Å². The molecule has 0 radical (unpaired) electrons. The summed E-state index contributed by atoms with van der Waals surface area (Å²) in [7, 11) is -2.26. The number of rotatable bonds is 6. The maximum absolute atomic E-state index is 12.1. The number of hydrogen-bond acceptors (Lipinski definition) is 4. The molecular formula is C11H19N3O4S. The summed E-state index contributed by atoms with van der Waals surface area (Å²) < 4.78 is 28.0. The van der Waals surface area contributed by atoms with Gasteiger partial charge in [0.05, 0.1) is 6.61 Å². The number of aryl methyl sites for hydroxylation is 1. The van der Waals surface area contributed by atoms with Gasteiger partial charge in [0, 0.05) is 19.3 Å². The first-order valence-corrected chi connectivity index (χ1v) is 7.26. The Hall–Kier alpha value is -1.38. The highest BCUT2D eigenvalue weighted by molar-refractivity contribution is 7.89. The first-order chi connectivity index (χ1) is 8.69. The third kappa shape index (κ3) is 3.55. The van der Waals surface area contributed by atoms with Crippen molar-refractivity contribution in [1.82, 2.24) is 9.29 Å². The largest absolute Gasteiger partial charge is 0.395 e. The number of nitrogens with zero attached hydrogens (tertiary/aromatic N) is 1. The van der Waals surface area contributed by atoms with Gasteiger partial charge in [0.1, 0.15) is 10.6 Å². The predicted molar refractivity (Wildman–Crippen MR) is 70.0 cm³/mol. The van der Waals surface area contributed by atoms with Crippen molar-refractivity contribution in [2.75, 3.05) is 6.61 Å². The molecule has 1 aromatic heterocycles. The molecule has 0 spiro atoms. The maximum Gasteiger partial charge on any atom is 0.265 e. The van der Waals surface area contributed by atoms with Crippen molar-refractivity contribution in [3.05, 3.63) is 18.0 Å². The molecule has 1 amide bonds.